The summed E-state index contributed by atoms with van der Waals surface area (Å²) in [5, 5.41) is 6.70. The first-order chi connectivity index (χ1) is 16.5. The Morgan fingerprint density at radius 3 is 2.29 bits per heavy atom. The Kier molecular flexibility index (Phi) is 8.51. The normalized spacial score (nSPS) is 10.5. The van der Waals surface area contributed by atoms with Crippen LogP contribution in [0.1, 0.15) is 46.5 Å². The van der Waals surface area contributed by atoms with Gasteiger partial charge in [0.15, 0.2) is 11.5 Å². The van der Waals surface area contributed by atoms with Crippen molar-refractivity contribution in [3.63, 3.8) is 0 Å². The predicted octanol–water partition coefficient (Wildman–Crippen LogP) is 4.42. The molecule has 0 atom stereocenters. The van der Waals surface area contributed by atoms with E-state index in [1.165, 1.54) is 6.21 Å². The number of esters is 1. The number of nitrogens with zero attached hydrogens (tertiary/aromatic N) is 1. The molecule has 3 rings (SSSR count). The van der Waals surface area contributed by atoms with Gasteiger partial charge >= 0.3 is 5.97 Å². The van der Waals surface area contributed by atoms with Gasteiger partial charge in [0.25, 0.3) is 5.91 Å². The number of benzene rings is 3. The molecule has 0 spiro atoms. The van der Waals surface area contributed by atoms with Crippen molar-refractivity contribution in [1.29, 1.82) is 0 Å². The van der Waals surface area contributed by atoms with E-state index >= 15 is 0 Å². The van der Waals surface area contributed by atoms with Crippen LogP contribution in [-0.4, -0.2) is 30.6 Å². The maximum atomic E-state index is 12.4. The minimum absolute atomic E-state index is 0.103. The molecule has 2 amide bonds. The van der Waals surface area contributed by atoms with E-state index in [9.17, 15) is 14.4 Å². The van der Waals surface area contributed by atoms with Crippen molar-refractivity contribution >= 4 is 29.7 Å². The molecule has 0 heterocycles. The van der Waals surface area contributed by atoms with E-state index in [0.29, 0.717) is 41.2 Å². The molecule has 0 saturated carbocycles. The molecule has 174 valence electrons. The molecule has 2 N–H and O–H groups in total. The first-order valence-electron chi connectivity index (χ1n) is 10.8. The predicted molar refractivity (Wildman–Crippen MR) is 129 cm³/mol. The molecule has 0 saturated heterocycles. The van der Waals surface area contributed by atoms with Crippen molar-refractivity contribution < 1.29 is 23.9 Å². The summed E-state index contributed by atoms with van der Waals surface area (Å²) in [6, 6.07) is 20.1. The largest absolute Gasteiger partial charge is 0.490 e. The van der Waals surface area contributed by atoms with Crippen LogP contribution < -0.4 is 20.2 Å². The average Bonchev–Trinajstić information content (AvgIpc) is 2.86. The number of nitrogens with one attached hydrogen (secondary N) is 2. The summed E-state index contributed by atoms with van der Waals surface area (Å²) in [7, 11) is 0. The van der Waals surface area contributed by atoms with Crippen LogP contribution in [0.15, 0.2) is 77.9 Å². The molecule has 0 aliphatic carbocycles. The number of hydrogen-bond donors (Lipinski definition) is 2. The molecule has 3 aromatic carbocycles. The Morgan fingerprint density at radius 1 is 0.882 bits per heavy atom. The molecule has 3 aromatic rings. The number of hydrogen-bond acceptors (Lipinski definition) is 6. The molecule has 0 aliphatic heterocycles. The van der Waals surface area contributed by atoms with Crippen LogP contribution >= 0.6 is 0 Å². The quantitative estimate of drug-likeness (QED) is 0.213. The van der Waals surface area contributed by atoms with Crippen molar-refractivity contribution in [3.8, 4) is 11.5 Å². The smallest absolute Gasteiger partial charge is 0.343 e. The van der Waals surface area contributed by atoms with E-state index in [-0.39, 0.29) is 11.7 Å². The van der Waals surface area contributed by atoms with Gasteiger partial charge in [-0.05, 0) is 67.1 Å². The van der Waals surface area contributed by atoms with Gasteiger partial charge < -0.3 is 14.8 Å². The summed E-state index contributed by atoms with van der Waals surface area (Å²) in [5.74, 6) is -0.327. The van der Waals surface area contributed by atoms with Crippen LogP contribution in [0.2, 0.25) is 0 Å². The van der Waals surface area contributed by atoms with Gasteiger partial charge in [-0.15, -0.1) is 0 Å². The Labute approximate surface area is 197 Å². The highest BCUT2D eigenvalue weighted by molar-refractivity contribution is 5.96. The summed E-state index contributed by atoms with van der Waals surface area (Å²) in [6.07, 6.45) is 1.83. The molecule has 0 unspecified atom stereocenters. The van der Waals surface area contributed by atoms with E-state index in [0.717, 1.165) is 0 Å². The second-order valence-electron chi connectivity index (χ2n) is 7.07. The molecular formula is C26H25N3O5. The van der Waals surface area contributed by atoms with E-state index in [1.54, 1.807) is 73.7 Å². The van der Waals surface area contributed by atoms with E-state index in [2.05, 4.69) is 15.8 Å². The van der Waals surface area contributed by atoms with Crippen molar-refractivity contribution in [1.82, 2.24) is 5.43 Å². The molecule has 0 aliphatic rings. The Morgan fingerprint density at radius 2 is 1.62 bits per heavy atom. The van der Waals surface area contributed by atoms with Gasteiger partial charge in [0.05, 0.1) is 18.4 Å². The number of ether oxygens (including phenoxy) is 2. The summed E-state index contributed by atoms with van der Waals surface area (Å²) < 4.78 is 11.1. The maximum Gasteiger partial charge on any atom is 0.343 e. The van der Waals surface area contributed by atoms with Gasteiger partial charge in [0.1, 0.15) is 0 Å². The SMILES string of the molecule is CCOc1cc(/C=N/NC(=O)c2ccc(NC(=O)CC)cc2)ccc1OC(=O)c1ccccc1. The first-order valence-corrected chi connectivity index (χ1v) is 10.8. The number of carbonyl (C=O) groups excluding carboxylic acids is 3. The fraction of sp³-hybridized carbons (Fsp3) is 0.154. The number of amides is 2. The number of anilines is 1. The Bertz CT molecular complexity index is 1170. The van der Waals surface area contributed by atoms with Gasteiger partial charge in [-0.2, -0.15) is 5.10 Å². The topological polar surface area (TPSA) is 106 Å². The summed E-state index contributed by atoms with van der Waals surface area (Å²) in [6.45, 7) is 3.96. The fourth-order valence-electron chi connectivity index (χ4n) is 2.87. The van der Waals surface area contributed by atoms with Crippen molar-refractivity contribution in [2.75, 3.05) is 11.9 Å². The number of carbonyl (C=O) groups is 3. The number of hydrazone groups is 1. The van der Waals surface area contributed by atoms with Crippen molar-refractivity contribution in [2.24, 2.45) is 5.10 Å². The van der Waals surface area contributed by atoms with Gasteiger partial charge in [-0.25, -0.2) is 10.2 Å². The molecule has 34 heavy (non-hydrogen) atoms. The number of rotatable bonds is 9. The lowest BCUT2D eigenvalue weighted by atomic mass is 10.2. The zero-order valence-corrected chi connectivity index (χ0v) is 18.9. The third-order valence-electron chi connectivity index (χ3n) is 4.61. The van der Waals surface area contributed by atoms with E-state index < -0.39 is 11.9 Å². The fourth-order valence-corrected chi connectivity index (χ4v) is 2.87. The van der Waals surface area contributed by atoms with Gasteiger partial charge in [0, 0.05) is 17.7 Å². The third kappa shape index (κ3) is 6.77. The lowest BCUT2D eigenvalue weighted by molar-refractivity contribution is -0.115. The van der Waals surface area contributed by atoms with Crippen molar-refractivity contribution in [3.05, 3.63) is 89.5 Å². The molecule has 0 fully saturated rings. The molecule has 8 heteroatoms. The van der Waals surface area contributed by atoms with E-state index in [1.807, 2.05) is 13.0 Å². The molecule has 0 bridgehead atoms. The lowest BCUT2D eigenvalue weighted by Gasteiger charge is -2.11. The highest BCUT2D eigenvalue weighted by atomic mass is 16.6. The van der Waals surface area contributed by atoms with Crippen LogP contribution in [0, 0.1) is 0 Å². The average molecular weight is 460 g/mol. The van der Waals surface area contributed by atoms with Crippen LogP contribution in [0.3, 0.4) is 0 Å². The minimum Gasteiger partial charge on any atom is -0.490 e. The first kappa shape index (κ1) is 24.2. The summed E-state index contributed by atoms with van der Waals surface area (Å²) in [5.41, 5.74) is 4.53. The standard InChI is InChI=1S/C26H25N3O5/c1-3-24(30)28-21-13-11-19(12-14-21)25(31)29-27-17-18-10-15-22(23(16-18)33-4-2)34-26(32)20-8-6-5-7-9-20/h5-17H,3-4H2,1-2H3,(H,28,30)(H,29,31)/b27-17+. The highest BCUT2D eigenvalue weighted by Crippen LogP contribution is 2.29. The lowest BCUT2D eigenvalue weighted by Crippen LogP contribution is -2.17. The maximum absolute atomic E-state index is 12.4. The Hall–Kier alpha value is -4.46. The molecule has 0 radical (unpaired) electrons. The van der Waals surface area contributed by atoms with Crippen LogP contribution in [0.25, 0.3) is 0 Å². The minimum atomic E-state index is -0.490. The monoisotopic (exact) mass is 459 g/mol. The van der Waals surface area contributed by atoms with E-state index in [4.69, 9.17) is 9.47 Å². The second-order valence-corrected chi connectivity index (χ2v) is 7.07. The van der Waals surface area contributed by atoms with Gasteiger partial charge in [-0.3, -0.25) is 9.59 Å². The summed E-state index contributed by atoms with van der Waals surface area (Å²) in [4.78, 5) is 36.1. The second kappa shape index (κ2) is 12.0. The molecular weight excluding hydrogens is 434 g/mol. The molecule has 8 nitrogen and oxygen atoms in total. The Balaban J connectivity index is 1.64. The molecule has 0 aromatic heterocycles. The van der Waals surface area contributed by atoms with Crippen molar-refractivity contribution in [2.45, 2.75) is 20.3 Å². The highest BCUT2D eigenvalue weighted by Gasteiger charge is 2.13. The summed E-state index contributed by atoms with van der Waals surface area (Å²) >= 11 is 0. The van der Waals surface area contributed by atoms with Gasteiger partial charge in [0.2, 0.25) is 5.91 Å². The van der Waals surface area contributed by atoms with Crippen LogP contribution in [0.5, 0.6) is 11.5 Å². The van der Waals surface area contributed by atoms with Gasteiger partial charge in [-0.1, -0.05) is 25.1 Å². The zero-order chi connectivity index (χ0) is 24.3. The van der Waals surface area contributed by atoms with Crippen LogP contribution in [-0.2, 0) is 4.79 Å². The van der Waals surface area contributed by atoms with Crippen LogP contribution in [0.4, 0.5) is 5.69 Å². The zero-order valence-electron chi connectivity index (χ0n) is 18.9. The third-order valence-corrected chi connectivity index (χ3v) is 4.61.